The fourth-order valence-electron chi connectivity index (χ4n) is 5.60. The van der Waals surface area contributed by atoms with Gasteiger partial charge in [-0.2, -0.15) is 0 Å². The monoisotopic (exact) mass is 647 g/mol. The van der Waals surface area contributed by atoms with Crippen LogP contribution < -0.4 is 21.2 Å². The number of rotatable bonds is 13. The zero-order valence-electron chi connectivity index (χ0n) is 26.0. The molecule has 46 heavy (non-hydrogen) atoms. The number of imidazole rings is 1. The number of nitrogens with zero attached hydrogens (tertiary/aromatic N) is 2. The van der Waals surface area contributed by atoms with E-state index in [2.05, 4.69) is 20.7 Å². The zero-order valence-corrected chi connectivity index (χ0v) is 26.8. The van der Waals surface area contributed by atoms with E-state index in [1.807, 2.05) is 60.5 Å². The number of amidine groups is 1. The first-order chi connectivity index (χ1) is 21.9. The molecule has 12 heteroatoms. The van der Waals surface area contributed by atoms with E-state index < -0.39 is 6.09 Å². The Balaban J connectivity index is 0.00000480. The highest BCUT2D eigenvalue weighted by molar-refractivity contribution is 5.95. The molecule has 1 fully saturated rings. The SMILES string of the molecule is CCOCCCc1nc2cc(OC(=O)NN3CCC(NC(=O)c4ccccc4)CC3CCc3ccc(C(=N)N)cc3)ccc2[nH]1.Cl. The summed E-state index contributed by atoms with van der Waals surface area (Å²) in [5, 5.41) is 12.7. The van der Waals surface area contributed by atoms with Crippen molar-refractivity contribution < 1.29 is 19.1 Å². The van der Waals surface area contributed by atoms with Crippen molar-refractivity contribution in [1.82, 2.24) is 25.7 Å². The van der Waals surface area contributed by atoms with Crippen LogP contribution in [0.3, 0.4) is 0 Å². The smallest absolute Gasteiger partial charge is 0.409 e. The lowest BCUT2D eigenvalue weighted by atomic mass is 9.93. The molecular weight excluding hydrogens is 606 g/mol. The van der Waals surface area contributed by atoms with Gasteiger partial charge in [0, 0.05) is 55.5 Å². The van der Waals surface area contributed by atoms with Crippen LogP contribution in [-0.2, 0) is 17.6 Å². The molecule has 0 saturated carbocycles. The maximum atomic E-state index is 13.1. The van der Waals surface area contributed by atoms with Crippen LogP contribution in [0.5, 0.6) is 5.75 Å². The Bertz CT molecular complexity index is 1600. The van der Waals surface area contributed by atoms with Crippen LogP contribution >= 0.6 is 12.4 Å². The number of hydrogen-bond donors (Lipinski definition) is 5. The number of aromatic amines is 1. The predicted molar refractivity (Wildman–Crippen MR) is 181 cm³/mol. The van der Waals surface area contributed by atoms with E-state index in [0.717, 1.165) is 48.1 Å². The van der Waals surface area contributed by atoms with Gasteiger partial charge in [-0.3, -0.25) is 15.6 Å². The third-order valence-electron chi connectivity index (χ3n) is 7.97. The van der Waals surface area contributed by atoms with Crippen LogP contribution in [0.25, 0.3) is 11.0 Å². The van der Waals surface area contributed by atoms with E-state index in [0.29, 0.717) is 49.5 Å². The van der Waals surface area contributed by atoms with Gasteiger partial charge in [-0.25, -0.2) is 14.8 Å². The predicted octanol–water partition coefficient (Wildman–Crippen LogP) is 5.14. The highest BCUT2D eigenvalue weighted by Crippen LogP contribution is 2.23. The minimum absolute atomic E-state index is 0. The molecule has 2 unspecified atom stereocenters. The van der Waals surface area contributed by atoms with Crippen molar-refractivity contribution in [3.63, 3.8) is 0 Å². The number of nitrogens with two attached hydrogens (primary N) is 1. The number of hydrazine groups is 1. The molecule has 0 spiro atoms. The molecule has 6 N–H and O–H groups in total. The van der Waals surface area contributed by atoms with Crippen molar-refractivity contribution in [2.45, 2.75) is 57.5 Å². The maximum absolute atomic E-state index is 13.1. The molecular formula is C34H42ClN7O4. The highest BCUT2D eigenvalue weighted by Gasteiger charge is 2.31. The van der Waals surface area contributed by atoms with Crippen LogP contribution in [0, 0.1) is 5.41 Å². The van der Waals surface area contributed by atoms with Gasteiger partial charge < -0.3 is 25.5 Å². The Morgan fingerprint density at radius 2 is 1.85 bits per heavy atom. The molecule has 1 saturated heterocycles. The molecule has 1 aromatic heterocycles. The lowest BCUT2D eigenvalue weighted by Crippen LogP contribution is -2.56. The Hall–Kier alpha value is -4.45. The van der Waals surface area contributed by atoms with Gasteiger partial charge >= 0.3 is 6.09 Å². The molecule has 2 amide bonds. The lowest BCUT2D eigenvalue weighted by molar-refractivity contribution is 0.0603. The topological polar surface area (TPSA) is 158 Å². The Kier molecular flexibility index (Phi) is 12.5. The summed E-state index contributed by atoms with van der Waals surface area (Å²) in [6, 6.07) is 22.1. The Morgan fingerprint density at radius 3 is 2.59 bits per heavy atom. The molecule has 0 aliphatic carbocycles. The number of carbonyl (C=O) groups is 2. The van der Waals surface area contributed by atoms with Gasteiger partial charge in [-0.15, -0.1) is 12.4 Å². The number of amides is 2. The third kappa shape index (κ3) is 9.53. The van der Waals surface area contributed by atoms with Crippen molar-refractivity contribution in [3.05, 3.63) is 95.3 Å². The summed E-state index contributed by atoms with van der Waals surface area (Å²) in [6.07, 6.45) is 3.89. The molecule has 244 valence electrons. The summed E-state index contributed by atoms with van der Waals surface area (Å²) in [5.74, 6) is 1.20. The van der Waals surface area contributed by atoms with E-state index in [-0.39, 0.29) is 36.2 Å². The van der Waals surface area contributed by atoms with E-state index >= 15 is 0 Å². The number of aromatic nitrogens is 2. The van der Waals surface area contributed by atoms with Gasteiger partial charge in [0.2, 0.25) is 0 Å². The average Bonchev–Trinajstić information content (AvgIpc) is 3.45. The summed E-state index contributed by atoms with van der Waals surface area (Å²) >= 11 is 0. The van der Waals surface area contributed by atoms with Gasteiger partial charge in [-0.05, 0) is 68.9 Å². The van der Waals surface area contributed by atoms with Crippen molar-refractivity contribution in [2.75, 3.05) is 19.8 Å². The van der Waals surface area contributed by atoms with Gasteiger partial charge in [0.25, 0.3) is 5.91 Å². The number of hydrogen-bond acceptors (Lipinski definition) is 7. The second kappa shape index (κ2) is 16.7. The van der Waals surface area contributed by atoms with E-state index in [1.165, 1.54) is 0 Å². The molecule has 3 aromatic carbocycles. The number of piperidine rings is 1. The quantitative estimate of drug-likeness (QED) is 0.0764. The minimum atomic E-state index is -0.579. The largest absolute Gasteiger partial charge is 0.427 e. The number of nitrogen functional groups attached to an aromatic ring is 1. The normalized spacial score (nSPS) is 16.4. The van der Waals surface area contributed by atoms with Crippen LogP contribution in [-0.4, -0.2) is 64.7 Å². The number of aryl methyl sites for hydroxylation is 2. The first kappa shape index (κ1) is 34.4. The van der Waals surface area contributed by atoms with Crippen LogP contribution in [0.2, 0.25) is 0 Å². The molecule has 1 aliphatic heterocycles. The molecule has 1 aliphatic rings. The van der Waals surface area contributed by atoms with Gasteiger partial charge in [0.15, 0.2) is 0 Å². The first-order valence-corrected chi connectivity index (χ1v) is 15.5. The summed E-state index contributed by atoms with van der Waals surface area (Å²) in [7, 11) is 0. The molecule has 2 heterocycles. The fraction of sp³-hybridized carbons (Fsp3) is 0.353. The highest BCUT2D eigenvalue weighted by atomic mass is 35.5. The minimum Gasteiger partial charge on any atom is -0.409 e. The van der Waals surface area contributed by atoms with Gasteiger partial charge in [-0.1, -0.05) is 42.5 Å². The van der Waals surface area contributed by atoms with E-state index in [9.17, 15) is 9.59 Å². The number of benzene rings is 3. The molecule has 2 atom stereocenters. The standard InChI is InChI=1S/C34H41N7O4.ClH/c1-2-44-20-6-9-31-38-29-17-16-28(22-30(29)39-31)45-34(43)40-41-19-18-26(37-33(42)25-7-4-3-5-8-25)21-27(41)15-12-23-10-13-24(14-11-23)32(35)36;/h3-5,7-8,10-11,13-14,16-17,22,26-27H,2,6,9,12,15,18-21H2,1H3,(H3,35,36)(H,37,42)(H,38,39)(H,40,43);1H. The third-order valence-corrected chi connectivity index (χ3v) is 7.97. The summed E-state index contributed by atoms with van der Waals surface area (Å²) < 4.78 is 11.1. The fourth-order valence-corrected chi connectivity index (χ4v) is 5.60. The first-order valence-electron chi connectivity index (χ1n) is 15.5. The second-order valence-corrected chi connectivity index (χ2v) is 11.2. The van der Waals surface area contributed by atoms with Crippen molar-refractivity contribution in [3.8, 4) is 5.75 Å². The number of H-pyrrole nitrogens is 1. The number of ether oxygens (including phenoxy) is 2. The van der Waals surface area contributed by atoms with E-state index in [4.69, 9.17) is 20.6 Å². The van der Waals surface area contributed by atoms with Crippen LogP contribution in [0.4, 0.5) is 4.79 Å². The average molecular weight is 648 g/mol. The van der Waals surface area contributed by atoms with Gasteiger partial charge in [0.1, 0.15) is 17.4 Å². The van der Waals surface area contributed by atoms with Crippen molar-refractivity contribution in [1.29, 1.82) is 5.41 Å². The van der Waals surface area contributed by atoms with E-state index in [1.54, 1.807) is 24.3 Å². The Labute approximate surface area is 275 Å². The Morgan fingerprint density at radius 1 is 1.07 bits per heavy atom. The molecule has 0 radical (unpaired) electrons. The maximum Gasteiger partial charge on any atom is 0.427 e. The molecule has 5 rings (SSSR count). The van der Waals surface area contributed by atoms with Crippen molar-refractivity contribution >= 4 is 41.3 Å². The number of fused-ring (bicyclic) bond motifs is 1. The molecule has 11 nitrogen and oxygen atoms in total. The van der Waals surface area contributed by atoms with Crippen molar-refractivity contribution in [2.24, 2.45) is 5.73 Å². The second-order valence-electron chi connectivity index (χ2n) is 11.2. The number of carbonyl (C=O) groups excluding carboxylic acids is 2. The summed E-state index contributed by atoms with van der Waals surface area (Å²) in [4.78, 5) is 33.9. The van der Waals surface area contributed by atoms with Gasteiger partial charge in [0.05, 0.1) is 11.0 Å². The number of halogens is 1. The zero-order chi connectivity index (χ0) is 31.6. The lowest BCUT2D eigenvalue weighted by Gasteiger charge is -2.39. The summed E-state index contributed by atoms with van der Waals surface area (Å²) in [6.45, 7) is 3.91. The van der Waals surface area contributed by atoms with Crippen LogP contribution in [0.1, 0.15) is 59.9 Å². The molecule has 4 aromatic rings. The molecule has 0 bridgehead atoms. The van der Waals surface area contributed by atoms with Crippen LogP contribution in [0.15, 0.2) is 72.8 Å². The number of nitrogens with one attached hydrogen (secondary N) is 4. The summed E-state index contributed by atoms with van der Waals surface area (Å²) in [5.41, 5.74) is 12.6.